The zero-order valence-corrected chi connectivity index (χ0v) is 12.8. The molecular weight excluding hydrogens is 244 g/mol. The summed E-state index contributed by atoms with van der Waals surface area (Å²) < 4.78 is 0. The van der Waals surface area contributed by atoms with Crippen LogP contribution >= 0.6 is 0 Å². The number of carbonyl (C=O) groups excluding carboxylic acids is 1. The number of carboxylic acids is 1. The number of likely N-dealkylation sites (N-methyl/N-ethyl adjacent to an activating group) is 1. The van der Waals surface area contributed by atoms with Gasteiger partial charge in [-0.15, -0.1) is 0 Å². The Morgan fingerprint density at radius 1 is 1.32 bits per heavy atom. The standard InChI is InChI=1S/C14H28N2O3/c1-6-16(14(4,5)13(18)19)12(17)8-11(9-15)7-10(2)3/h10-11H,6-9,15H2,1-5H3,(H,18,19). The fraction of sp³-hybridized carbons (Fsp3) is 0.857. The summed E-state index contributed by atoms with van der Waals surface area (Å²) in [5.41, 5.74) is 4.51. The first-order chi connectivity index (χ1) is 8.66. The van der Waals surface area contributed by atoms with Crippen molar-refractivity contribution in [3.8, 4) is 0 Å². The van der Waals surface area contributed by atoms with Crippen molar-refractivity contribution in [1.29, 1.82) is 0 Å². The number of rotatable bonds is 8. The van der Waals surface area contributed by atoms with Crippen LogP contribution in [0, 0.1) is 11.8 Å². The molecule has 1 atom stereocenters. The van der Waals surface area contributed by atoms with E-state index < -0.39 is 11.5 Å². The van der Waals surface area contributed by atoms with Crippen molar-refractivity contribution in [3.63, 3.8) is 0 Å². The first kappa shape index (κ1) is 17.9. The third kappa shape index (κ3) is 5.19. The Morgan fingerprint density at radius 3 is 2.16 bits per heavy atom. The molecule has 0 aromatic carbocycles. The van der Waals surface area contributed by atoms with Gasteiger partial charge < -0.3 is 15.7 Å². The summed E-state index contributed by atoms with van der Waals surface area (Å²) >= 11 is 0. The zero-order valence-electron chi connectivity index (χ0n) is 12.8. The van der Waals surface area contributed by atoms with Crippen molar-refractivity contribution >= 4 is 11.9 Å². The summed E-state index contributed by atoms with van der Waals surface area (Å²) in [6, 6.07) is 0. The van der Waals surface area contributed by atoms with Crippen molar-refractivity contribution in [2.24, 2.45) is 17.6 Å². The van der Waals surface area contributed by atoms with E-state index in [0.717, 1.165) is 6.42 Å². The molecule has 19 heavy (non-hydrogen) atoms. The van der Waals surface area contributed by atoms with Crippen LogP contribution in [0.1, 0.15) is 47.5 Å². The van der Waals surface area contributed by atoms with Gasteiger partial charge in [0.15, 0.2) is 0 Å². The van der Waals surface area contributed by atoms with Gasteiger partial charge in [0.05, 0.1) is 0 Å². The molecule has 0 fully saturated rings. The van der Waals surface area contributed by atoms with Crippen LogP contribution < -0.4 is 5.73 Å². The molecule has 0 bridgehead atoms. The molecule has 0 aromatic heterocycles. The molecule has 0 rings (SSSR count). The molecule has 5 nitrogen and oxygen atoms in total. The van der Waals surface area contributed by atoms with Gasteiger partial charge in [-0.05, 0) is 45.6 Å². The Labute approximate surface area is 116 Å². The van der Waals surface area contributed by atoms with E-state index in [1.54, 1.807) is 20.8 Å². The van der Waals surface area contributed by atoms with E-state index in [4.69, 9.17) is 5.73 Å². The number of hydrogen-bond acceptors (Lipinski definition) is 3. The van der Waals surface area contributed by atoms with Crippen molar-refractivity contribution in [1.82, 2.24) is 4.90 Å². The first-order valence-corrected chi connectivity index (χ1v) is 6.90. The number of carboxylic acid groups (broad SMARTS) is 1. The molecule has 3 N–H and O–H groups in total. The van der Waals surface area contributed by atoms with Crippen LogP contribution in [0.5, 0.6) is 0 Å². The van der Waals surface area contributed by atoms with Crippen LogP contribution in [0.4, 0.5) is 0 Å². The average molecular weight is 272 g/mol. The van der Waals surface area contributed by atoms with Crippen molar-refractivity contribution < 1.29 is 14.7 Å². The average Bonchev–Trinajstić information content (AvgIpc) is 2.27. The molecule has 0 heterocycles. The molecule has 1 amide bonds. The van der Waals surface area contributed by atoms with Gasteiger partial charge in [-0.25, -0.2) is 4.79 Å². The minimum absolute atomic E-state index is 0.117. The molecule has 0 aromatic rings. The number of nitrogens with zero attached hydrogens (tertiary/aromatic N) is 1. The highest BCUT2D eigenvalue weighted by Crippen LogP contribution is 2.20. The third-order valence-corrected chi connectivity index (χ3v) is 3.42. The van der Waals surface area contributed by atoms with Crippen LogP contribution in [0.2, 0.25) is 0 Å². The van der Waals surface area contributed by atoms with E-state index in [1.165, 1.54) is 4.90 Å². The highest BCUT2D eigenvalue weighted by atomic mass is 16.4. The van der Waals surface area contributed by atoms with E-state index in [1.807, 2.05) is 0 Å². The summed E-state index contributed by atoms with van der Waals surface area (Å²) in [5, 5.41) is 9.21. The van der Waals surface area contributed by atoms with Gasteiger partial charge in [-0.1, -0.05) is 13.8 Å². The SMILES string of the molecule is CCN(C(=O)CC(CN)CC(C)C)C(C)(C)C(=O)O. The summed E-state index contributed by atoms with van der Waals surface area (Å²) in [6.45, 7) is 9.92. The highest BCUT2D eigenvalue weighted by Gasteiger charge is 2.37. The minimum Gasteiger partial charge on any atom is -0.480 e. The fourth-order valence-electron chi connectivity index (χ4n) is 2.29. The van der Waals surface area contributed by atoms with Gasteiger partial charge in [-0.2, -0.15) is 0 Å². The predicted molar refractivity (Wildman–Crippen MR) is 75.7 cm³/mol. The summed E-state index contributed by atoms with van der Waals surface area (Å²) in [5.74, 6) is -0.531. The van der Waals surface area contributed by atoms with Crippen molar-refractivity contribution in [2.75, 3.05) is 13.1 Å². The molecule has 1 unspecified atom stereocenters. The molecular formula is C14H28N2O3. The maximum Gasteiger partial charge on any atom is 0.329 e. The number of aliphatic carboxylic acids is 1. The van der Waals surface area contributed by atoms with Crippen molar-refractivity contribution in [2.45, 2.75) is 53.0 Å². The predicted octanol–water partition coefficient (Wildman–Crippen LogP) is 1.71. The van der Waals surface area contributed by atoms with Gasteiger partial charge in [0.2, 0.25) is 5.91 Å². The van der Waals surface area contributed by atoms with Crippen LogP contribution in [-0.4, -0.2) is 40.5 Å². The van der Waals surface area contributed by atoms with E-state index in [2.05, 4.69) is 13.8 Å². The van der Waals surface area contributed by atoms with E-state index in [9.17, 15) is 14.7 Å². The molecule has 0 aliphatic carbocycles. The number of carbonyl (C=O) groups is 2. The lowest BCUT2D eigenvalue weighted by atomic mass is 9.92. The van der Waals surface area contributed by atoms with Gasteiger partial charge in [-0.3, -0.25) is 4.79 Å². The maximum absolute atomic E-state index is 12.3. The van der Waals surface area contributed by atoms with E-state index >= 15 is 0 Å². The molecule has 0 aliphatic heterocycles. The smallest absolute Gasteiger partial charge is 0.329 e. The van der Waals surface area contributed by atoms with E-state index in [-0.39, 0.29) is 11.8 Å². The molecule has 0 saturated heterocycles. The topological polar surface area (TPSA) is 83.6 Å². The molecule has 0 aliphatic rings. The van der Waals surface area contributed by atoms with Crippen molar-refractivity contribution in [3.05, 3.63) is 0 Å². The zero-order chi connectivity index (χ0) is 15.2. The van der Waals surface area contributed by atoms with Crippen LogP contribution in [0.15, 0.2) is 0 Å². The maximum atomic E-state index is 12.3. The third-order valence-electron chi connectivity index (χ3n) is 3.42. The monoisotopic (exact) mass is 272 g/mol. The minimum atomic E-state index is -1.18. The molecule has 0 saturated carbocycles. The Kier molecular flexibility index (Phi) is 7.05. The summed E-state index contributed by atoms with van der Waals surface area (Å²) in [7, 11) is 0. The highest BCUT2D eigenvalue weighted by molar-refractivity contribution is 5.86. The Hall–Kier alpha value is -1.10. The number of amides is 1. The van der Waals surface area contributed by atoms with Crippen LogP contribution in [0.25, 0.3) is 0 Å². The normalized spacial score (nSPS) is 13.4. The van der Waals surface area contributed by atoms with Crippen LogP contribution in [-0.2, 0) is 9.59 Å². The van der Waals surface area contributed by atoms with E-state index in [0.29, 0.717) is 25.4 Å². The first-order valence-electron chi connectivity index (χ1n) is 6.90. The lowest BCUT2D eigenvalue weighted by molar-refractivity contribution is -0.157. The quantitative estimate of drug-likeness (QED) is 0.704. The fourth-order valence-corrected chi connectivity index (χ4v) is 2.29. The summed E-state index contributed by atoms with van der Waals surface area (Å²) in [4.78, 5) is 24.9. The number of hydrogen-bond donors (Lipinski definition) is 2. The second-order valence-electron chi connectivity index (χ2n) is 5.94. The lowest BCUT2D eigenvalue weighted by Crippen LogP contribution is -2.53. The Morgan fingerprint density at radius 2 is 1.84 bits per heavy atom. The molecule has 112 valence electrons. The molecule has 0 spiro atoms. The van der Waals surface area contributed by atoms with Gasteiger partial charge in [0.25, 0.3) is 0 Å². The van der Waals surface area contributed by atoms with Gasteiger partial charge >= 0.3 is 5.97 Å². The second kappa shape index (κ2) is 7.48. The molecule has 0 radical (unpaired) electrons. The number of nitrogens with two attached hydrogens (primary N) is 1. The largest absolute Gasteiger partial charge is 0.480 e. The molecule has 5 heteroatoms. The van der Waals surface area contributed by atoms with Gasteiger partial charge in [0.1, 0.15) is 5.54 Å². The Bertz CT molecular complexity index is 314. The van der Waals surface area contributed by atoms with Gasteiger partial charge in [0, 0.05) is 13.0 Å². The Balaban J connectivity index is 4.81. The lowest BCUT2D eigenvalue weighted by Gasteiger charge is -2.35. The summed E-state index contributed by atoms with van der Waals surface area (Å²) in [6.07, 6.45) is 1.20. The second-order valence-corrected chi connectivity index (χ2v) is 5.94. The van der Waals surface area contributed by atoms with Crippen LogP contribution in [0.3, 0.4) is 0 Å².